The Kier molecular flexibility index (Phi) is 32.8. The van der Waals surface area contributed by atoms with E-state index in [-0.39, 0.29) is 32.2 Å². The van der Waals surface area contributed by atoms with Crippen molar-refractivity contribution in [2.75, 3.05) is 47.5 Å². The van der Waals surface area contributed by atoms with Gasteiger partial charge in [0, 0.05) is 12.8 Å². The Hall–Kier alpha value is -1.97. The first-order valence-electron chi connectivity index (χ1n) is 20.3. The average molecular weight is 712 g/mol. The second kappa shape index (κ2) is 34.1. The van der Waals surface area contributed by atoms with Gasteiger partial charge in [-0.3, -0.25) is 9.59 Å². The molecule has 0 spiro atoms. The van der Waals surface area contributed by atoms with Gasteiger partial charge >= 0.3 is 11.9 Å². The Morgan fingerprint density at radius 1 is 0.580 bits per heavy atom. The van der Waals surface area contributed by atoms with Gasteiger partial charge in [0.2, 0.25) is 0 Å². The second-order valence-corrected chi connectivity index (χ2v) is 14.9. The lowest BCUT2D eigenvalue weighted by Crippen LogP contribution is -2.44. The summed E-state index contributed by atoms with van der Waals surface area (Å²) in [4.78, 5) is 36.7. The summed E-state index contributed by atoms with van der Waals surface area (Å²) in [5.74, 6) is -2.29. The first kappa shape index (κ1) is 48.0. The Balaban J connectivity index is 4.45. The summed E-state index contributed by atoms with van der Waals surface area (Å²) < 4.78 is 22.4. The molecule has 0 saturated carbocycles. The highest BCUT2D eigenvalue weighted by Gasteiger charge is 2.21. The largest absolute Gasteiger partial charge is 0.545 e. The van der Waals surface area contributed by atoms with Gasteiger partial charge in [-0.05, 0) is 32.1 Å². The van der Waals surface area contributed by atoms with E-state index in [9.17, 15) is 19.5 Å². The van der Waals surface area contributed by atoms with Crippen LogP contribution in [0.1, 0.15) is 174 Å². The zero-order valence-electron chi connectivity index (χ0n) is 33.0. The van der Waals surface area contributed by atoms with E-state index in [1.54, 1.807) is 0 Å². The van der Waals surface area contributed by atoms with Gasteiger partial charge < -0.3 is 33.3 Å². The fourth-order valence-electron chi connectivity index (χ4n) is 5.54. The number of aliphatic carboxylic acids is 1. The summed E-state index contributed by atoms with van der Waals surface area (Å²) in [6.45, 7) is 4.66. The minimum Gasteiger partial charge on any atom is -0.545 e. The van der Waals surface area contributed by atoms with Gasteiger partial charge in [-0.2, -0.15) is 0 Å². The molecular weight excluding hydrogens is 634 g/mol. The molecule has 0 aromatic heterocycles. The Labute approximate surface area is 306 Å². The number of carbonyl (C=O) groups excluding carboxylic acids is 3. The smallest absolute Gasteiger partial charge is 0.306 e. The molecule has 0 aromatic rings. The highest BCUT2D eigenvalue weighted by atomic mass is 16.7. The lowest BCUT2D eigenvalue weighted by atomic mass is 10.0. The van der Waals surface area contributed by atoms with Crippen molar-refractivity contribution in [1.82, 2.24) is 0 Å². The van der Waals surface area contributed by atoms with Gasteiger partial charge in [0.15, 0.2) is 12.4 Å². The lowest BCUT2D eigenvalue weighted by molar-refractivity contribution is -0.870. The van der Waals surface area contributed by atoms with Crippen LogP contribution < -0.4 is 5.11 Å². The number of likely N-dealkylation sites (N-methyl/N-ethyl adjacent to an activating group) is 1. The minimum absolute atomic E-state index is 0.149. The number of nitrogens with zero attached hydrogens (tertiary/aromatic N) is 1. The third-order valence-electron chi connectivity index (χ3n) is 8.74. The Morgan fingerprint density at radius 2 is 1.06 bits per heavy atom. The highest BCUT2D eigenvalue weighted by molar-refractivity contribution is 5.70. The van der Waals surface area contributed by atoms with E-state index >= 15 is 0 Å². The minimum atomic E-state index is -1.62. The monoisotopic (exact) mass is 712 g/mol. The summed E-state index contributed by atoms with van der Waals surface area (Å²) in [6, 6.07) is 0. The van der Waals surface area contributed by atoms with Crippen LogP contribution in [-0.4, -0.2) is 82.3 Å². The quantitative estimate of drug-likeness (QED) is 0.0207. The molecule has 0 N–H and O–H groups in total. The first-order chi connectivity index (χ1) is 24.1. The molecule has 0 aliphatic carbocycles. The average Bonchev–Trinajstić information content (AvgIpc) is 3.06. The molecule has 0 aliphatic heterocycles. The maximum Gasteiger partial charge on any atom is 0.306 e. The van der Waals surface area contributed by atoms with Crippen molar-refractivity contribution in [1.29, 1.82) is 0 Å². The van der Waals surface area contributed by atoms with Crippen LogP contribution >= 0.6 is 0 Å². The van der Waals surface area contributed by atoms with Crippen LogP contribution in [0.15, 0.2) is 12.2 Å². The van der Waals surface area contributed by atoms with Crippen molar-refractivity contribution >= 4 is 17.9 Å². The van der Waals surface area contributed by atoms with E-state index < -0.39 is 24.3 Å². The highest BCUT2D eigenvalue weighted by Crippen LogP contribution is 2.15. The van der Waals surface area contributed by atoms with Crippen LogP contribution in [0, 0.1) is 0 Å². The molecule has 0 amide bonds. The molecule has 0 bridgehead atoms. The number of rotatable bonds is 37. The molecule has 294 valence electrons. The molecule has 2 unspecified atom stereocenters. The van der Waals surface area contributed by atoms with Gasteiger partial charge in [0.25, 0.3) is 0 Å². The van der Waals surface area contributed by atoms with E-state index in [1.165, 1.54) is 83.5 Å². The van der Waals surface area contributed by atoms with Crippen LogP contribution in [0.3, 0.4) is 0 Å². The topological polar surface area (TPSA) is 111 Å². The fourth-order valence-corrected chi connectivity index (χ4v) is 5.54. The normalized spacial score (nSPS) is 13.1. The summed E-state index contributed by atoms with van der Waals surface area (Å²) >= 11 is 0. The molecule has 0 saturated heterocycles. The zero-order valence-corrected chi connectivity index (χ0v) is 33.0. The molecule has 9 nitrogen and oxygen atoms in total. The Bertz CT molecular complexity index is 841. The van der Waals surface area contributed by atoms with Crippen LogP contribution in [0.5, 0.6) is 0 Å². The fraction of sp³-hybridized carbons (Fsp3) is 0.878. The van der Waals surface area contributed by atoms with Gasteiger partial charge in [-0.15, -0.1) is 0 Å². The van der Waals surface area contributed by atoms with Crippen molar-refractivity contribution in [3.05, 3.63) is 12.2 Å². The van der Waals surface area contributed by atoms with Crippen molar-refractivity contribution in [2.24, 2.45) is 0 Å². The number of allylic oxidation sites excluding steroid dienone is 2. The maximum absolute atomic E-state index is 12.6. The van der Waals surface area contributed by atoms with E-state index in [0.29, 0.717) is 23.9 Å². The predicted octanol–water partition coefficient (Wildman–Crippen LogP) is 8.61. The first-order valence-corrected chi connectivity index (χ1v) is 20.3. The number of hydrogen-bond donors (Lipinski definition) is 0. The number of esters is 2. The van der Waals surface area contributed by atoms with E-state index in [4.69, 9.17) is 18.9 Å². The molecule has 0 aliphatic rings. The van der Waals surface area contributed by atoms with Crippen LogP contribution in [0.4, 0.5) is 0 Å². The molecule has 50 heavy (non-hydrogen) atoms. The molecule has 9 heteroatoms. The summed E-state index contributed by atoms with van der Waals surface area (Å²) in [5.41, 5.74) is 0. The van der Waals surface area contributed by atoms with Gasteiger partial charge in [0.05, 0.1) is 40.3 Å². The van der Waals surface area contributed by atoms with Crippen LogP contribution in [-0.2, 0) is 33.3 Å². The maximum atomic E-state index is 12.6. The standard InChI is InChI=1S/C41H77NO8/c1-6-8-10-12-14-16-18-19-20-21-22-24-25-27-29-31-38(43)48-35-37(36-49-41(40(45)46)47-34-33-42(3,4)5)50-39(44)32-30-28-26-23-17-15-13-11-9-7-2/h11,13,37,41H,6-10,12,14-36H2,1-5H3/b13-11-. The summed E-state index contributed by atoms with van der Waals surface area (Å²) in [5, 5.41) is 11.6. The van der Waals surface area contributed by atoms with Crippen molar-refractivity contribution in [3.8, 4) is 0 Å². The molecule has 0 heterocycles. The number of quaternary nitrogens is 1. The number of hydrogen-bond acceptors (Lipinski definition) is 8. The number of ether oxygens (including phenoxy) is 4. The zero-order chi connectivity index (χ0) is 37.1. The Morgan fingerprint density at radius 3 is 1.56 bits per heavy atom. The molecule has 0 aromatic carbocycles. The van der Waals surface area contributed by atoms with Gasteiger partial charge in [-0.25, -0.2) is 0 Å². The number of unbranched alkanes of at least 4 members (excludes halogenated alkanes) is 20. The van der Waals surface area contributed by atoms with E-state index in [2.05, 4.69) is 26.0 Å². The van der Waals surface area contributed by atoms with Gasteiger partial charge in [-0.1, -0.05) is 142 Å². The SMILES string of the molecule is CCC/C=C\CCCCCCCC(=O)OC(COC(=O)CCCCCCCCCCCCCCCCC)COC(OCC[N+](C)(C)C)C(=O)[O-]. The van der Waals surface area contributed by atoms with Gasteiger partial charge in [0.1, 0.15) is 13.2 Å². The van der Waals surface area contributed by atoms with E-state index in [1.807, 2.05) is 21.1 Å². The van der Waals surface area contributed by atoms with Crippen LogP contribution in [0.2, 0.25) is 0 Å². The molecule has 0 fully saturated rings. The van der Waals surface area contributed by atoms with Crippen molar-refractivity contribution < 1.29 is 42.9 Å². The van der Waals surface area contributed by atoms with Crippen LogP contribution in [0.25, 0.3) is 0 Å². The third-order valence-corrected chi connectivity index (χ3v) is 8.74. The summed E-state index contributed by atoms with van der Waals surface area (Å²) in [6.07, 6.45) is 29.6. The molecular formula is C41H77NO8. The molecule has 0 rings (SSSR count). The van der Waals surface area contributed by atoms with Crippen molar-refractivity contribution in [2.45, 2.75) is 187 Å². The third kappa shape index (κ3) is 34.5. The van der Waals surface area contributed by atoms with E-state index in [0.717, 1.165) is 57.8 Å². The second-order valence-electron chi connectivity index (χ2n) is 14.9. The summed E-state index contributed by atoms with van der Waals surface area (Å²) in [7, 11) is 5.90. The number of carboxylic acids is 1. The lowest BCUT2D eigenvalue weighted by Gasteiger charge is -2.26. The predicted molar refractivity (Wildman–Crippen MR) is 200 cm³/mol. The molecule has 0 radical (unpaired) electrons. The number of carboxylic acid groups (broad SMARTS) is 1. The van der Waals surface area contributed by atoms with Crippen molar-refractivity contribution in [3.63, 3.8) is 0 Å². The number of carbonyl (C=O) groups is 3. The molecule has 2 atom stereocenters.